The number of carbonyl (C=O) groups is 2. The number of rotatable bonds is 2. The monoisotopic (exact) mass is 306 g/mol. The third-order valence-corrected chi connectivity index (χ3v) is 4.42. The van der Waals surface area contributed by atoms with Gasteiger partial charge in [-0.1, -0.05) is 0 Å². The van der Waals surface area contributed by atoms with Gasteiger partial charge in [0.05, 0.1) is 6.61 Å². The average Bonchev–Trinajstić information content (AvgIpc) is 3.02. The van der Waals surface area contributed by atoms with Gasteiger partial charge in [-0.3, -0.25) is 4.79 Å². The van der Waals surface area contributed by atoms with Crippen LogP contribution in [-0.2, 0) is 22.5 Å². The normalized spacial score (nSPS) is 21.4. The third kappa shape index (κ3) is 2.93. The van der Waals surface area contributed by atoms with Gasteiger partial charge in [-0.05, 0) is 13.3 Å². The zero-order chi connectivity index (χ0) is 15.5. The molecule has 3 rings (SSSR count). The highest BCUT2D eigenvalue weighted by Crippen LogP contribution is 2.22. The molecule has 2 amide bonds. The summed E-state index contributed by atoms with van der Waals surface area (Å²) in [6.45, 7) is 5.30. The van der Waals surface area contributed by atoms with E-state index >= 15 is 0 Å². The molecule has 0 spiro atoms. The molecule has 1 atom stereocenters. The van der Waals surface area contributed by atoms with Crippen molar-refractivity contribution in [1.29, 1.82) is 0 Å². The van der Waals surface area contributed by atoms with Gasteiger partial charge in [0.2, 0.25) is 5.91 Å². The van der Waals surface area contributed by atoms with Gasteiger partial charge in [-0.25, -0.2) is 9.78 Å². The number of nitrogens with zero attached hydrogens (tertiary/aromatic N) is 4. The first-order valence-electron chi connectivity index (χ1n) is 7.89. The Labute approximate surface area is 129 Å². The molecule has 22 heavy (non-hydrogen) atoms. The molecule has 7 nitrogen and oxygen atoms in total. The molecule has 1 saturated heterocycles. The van der Waals surface area contributed by atoms with E-state index in [4.69, 9.17) is 4.74 Å². The van der Waals surface area contributed by atoms with Crippen molar-refractivity contribution >= 4 is 12.0 Å². The lowest BCUT2D eigenvalue weighted by molar-refractivity contribution is -0.137. The molecular formula is C15H22N4O3. The molecule has 0 radical (unpaired) electrons. The molecular weight excluding hydrogens is 284 g/mol. The molecule has 1 unspecified atom stereocenters. The second kappa shape index (κ2) is 6.37. The van der Waals surface area contributed by atoms with Gasteiger partial charge in [-0.2, -0.15) is 0 Å². The number of piperazine rings is 1. The molecule has 0 aliphatic carbocycles. The van der Waals surface area contributed by atoms with Crippen molar-refractivity contribution in [3.05, 3.63) is 18.2 Å². The molecule has 3 heterocycles. The maximum Gasteiger partial charge on any atom is 0.409 e. The Morgan fingerprint density at radius 1 is 1.23 bits per heavy atom. The summed E-state index contributed by atoms with van der Waals surface area (Å²) < 4.78 is 7.11. The summed E-state index contributed by atoms with van der Waals surface area (Å²) in [5.74, 6) is 1.21. The highest BCUT2D eigenvalue weighted by atomic mass is 16.6. The minimum absolute atomic E-state index is 0.0176. The first-order valence-corrected chi connectivity index (χ1v) is 7.89. The van der Waals surface area contributed by atoms with Crippen molar-refractivity contribution in [2.24, 2.45) is 5.92 Å². The van der Waals surface area contributed by atoms with Crippen LogP contribution in [0.4, 0.5) is 4.79 Å². The van der Waals surface area contributed by atoms with Crippen molar-refractivity contribution in [2.75, 3.05) is 32.8 Å². The number of imidazole rings is 1. The van der Waals surface area contributed by atoms with E-state index in [1.54, 1.807) is 18.0 Å². The van der Waals surface area contributed by atoms with Crippen LogP contribution in [0.25, 0.3) is 0 Å². The van der Waals surface area contributed by atoms with E-state index in [1.165, 1.54) is 0 Å². The van der Waals surface area contributed by atoms with Crippen LogP contribution < -0.4 is 0 Å². The first-order chi connectivity index (χ1) is 10.7. The highest BCUT2D eigenvalue weighted by Gasteiger charge is 2.31. The minimum Gasteiger partial charge on any atom is -0.450 e. The zero-order valence-electron chi connectivity index (χ0n) is 12.9. The molecule has 0 bridgehead atoms. The standard InChI is InChI=1S/C15H22N4O3/c1-2-22-15(21)19-9-7-18(8-10-19)14(20)12-3-5-17-6-4-16-13(17)11-12/h4,6,12H,2-3,5,7-11H2,1H3. The zero-order valence-corrected chi connectivity index (χ0v) is 12.9. The van der Waals surface area contributed by atoms with Crippen molar-refractivity contribution in [3.63, 3.8) is 0 Å². The second-order valence-corrected chi connectivity index (χ2v) is 5.74. The summed E-state index contributed by atoms with van der Waals surface area (Å²) >= 11 is 0. The summed E-state index contributed by atoms with van der Waals surface area (Å²) in [6.07, 6.45) is 5.05. The summed E-state index contributed by atoms with van der Waals surface area (Å²) in [7, 11) is 0. The van der Waals surface area contributed by atoms with Crippen LogP contribution in [0.5, 0.6) is 0 Å². The fourth-order valence-corrected chi connectivity index (χ4v) is 3.14. The van der Waals surface area contributed by atoms with Crippen molar-refractivity contribution in [1.82, 2.24) is 19.4 Å². The maximum atomic E-state index is 12.6. The Kier molecular flexibility index (Phi) is 4.31. The van der Waals surface area contributed by atoms with Crippen molar-refractivity contribution < 1.29 is 14.3 Å². The molecule has 0 N–H and O–H groups in total. The summed E-state index contributed by atoms with van der Waals surface area (Å²) in [5.41, 5.74) is 0. The summed E-state index contributed by atoms with van der Waals surface area (Å²) in [6, 6.07) is 0. The molecule has 120 valence electrons. The number of fused-ring (bicyclic) bond motifs is 1. The topological polar surface area (TPSA) is 67.7 Å². The molecule has 0 saturated carbocycles. The maximum absolute atomic E-state index is 12.6. The molecule has 7 heteroatoms. The molecule has 1 fully saturated rings. The van der Waals surface area contributed by atoms with Crippen molar-refractivity contribution in [3.8, 4) is 0 Å². The van der Waals surface area contributed by atoms with Gasteiger partial charge in [0.1, 0.15) is 5.82 Å². The van der Waals surface area contributed by atoms with E-state index in [0.29, 0.717) is 39.2 Å². The molecule has 2 aliphatic rings. The van der Waals surface area contributed by atoms with Crippen molar-refractivity contribution in [2.45, 2.75) is 26.3 Å². The predicted octanol–water partition coefficient (Wildman–Crippen LogP) is 0.746. The van der Waals surface area contributed by atoms with E-state index in [9.17, 15) is 9.59 Å². The Hall–Kier alpha value is -2.05. The highest BCUT2D eigenvalue weighted by molar-refractivity contribution is 5.79. The number of hydrogen-bond donors (Lipinski definition) is 0. The lowest BCUT2D eigenvalue weighted by Gasteiger charge is -2.36. The van der Waals surface area contributed by atoms with E-state index < -0.39 is 0 Å². The second-order valence-electron chi connectivity index (χ2n) is 5.74. The largest absolute Gasteiger partial charge is 0.450 e. The summed E-state index contributed by atoms with van der Waals surface area (Å²) in [4.78, 5) is 32.2. The third-order valence-electron chi connectivity index (χ3n) is 4.42. The SMILES string of the molecule is CCOC(=O)N1CCN(C(=O)C2CCn3ccnc3C2)CC1. The van der Waals surface area contributed by atoms with Gasteiger partial charge >= 0.3 is 6.09 Å². The van der Waals surface area contributed by atoms with Gasteiger partial charge in [0.25, 0.3) is 0 Å². The number of aryl methyl sites for hydroxylation is 1. The Bertz CT molecular complexity index is 549. The average molecular weight is 306 g/mol. The van der Waals surface area contributed by atoms with Crippen LogP contribution in [-0.4, -0.2) is 64.1 Å². The number of ether oxygens (including phenoxy) is 1. The summed E-state index contributed by atoms with van der Waals surface area (Å²) in [5, 5.41) is 0. The van der Waals surface area contributed by atoms with Crippen LogP contribution in [0, 0.1) is 5.92 Å². The van der Waals surface area contributed by atoms with Crippen LogP contribution in [0.2, 0.25) is 0 Å². The van der Waals surface area contributed by atoms with Crippen LogP contribution >= 0.6 is 0 Å². The number of carbonyl (C=O) groups excluding carboxylic acids is 2. The van der Waals surface area contributed by atoms with Crippen LogP contribution in [0.15, 0.2) is 12.4 Å². The Morgan fingerprint density at radius 3 is 2.68 bits per heavy atom. The van der Waals surface area contributed by atoms with Gasteiger partial charge < -0.3 is 19.1 Å². The lowest BCUT2D eigenvalue weighted by Crippen LogP contribution is -2.52. The fraction of sp³-hybridized carbons (Fsp3) is 0.667. The molecule has 0 aromatic carbocycles. The lowest BCUT2D eigenvalue weighted by atomic mass is 9.96. The number of hydrogen-bond acceptors (Lipinski definition) is 4. The van der Waals surface area contributed by atoms with E-state index in [0.717, 1.165) is 18.8 Å². The molecule has 1 aromatic rings. The molecule has 1 aromatic heterocycles. The van der Waals surface area contributed by atoms with Gasteiger partial charge in [0.15, 0.2) is 0 Å². The fourth-order valence-electron chi connectivity index (χ4n) is 3.14. The first kappa shape index (κ1) is 14.9. The minimum atomic E-state index is -0.283. The van der Waals surface area contributed by atoms with Crippen LogP contribution in [0.3, 0.4) is 0 Å². The van der Waals surface area contributed by atoms with E-state index in [2.05, 4.69) is 9.55 Å². The van der Waals surface area contributed by atoms with Gasteiger partial charge in [-0.15, -0.1) is 0 Å². The number of aromatic nitrogens is 2. The van der Waals surface area contributed by atoms with E-state index in [1.807, 2.05) is 11.1 Å². The quantitative estimate of drug-likeness (QED) is 0.808. The Morgan fingerprint density at radius 2 is 1.95 bits per heavy atom. The Balaban J connectivity index is 1.53. The molecule has 2 aliphatic heterocycles. The number of amides is 2. The van der Waals surface area contributed by atoms with Gasteiger partial charge in [0, 0.05) is 57.5 Å². The predicted molar refractivity (Wildman–Crippen MR) is 79.2 cm³/mol. The van der Waals surface area contributed by atoms with E-state index in [-0.39, 0.29) is 17.9 Å². The smallest absolute Gasteiger partial charge is 0.409 e. The van der Waals surface area contributed by atoms with Crippen LogP contribution in [0.1, 0.15) is 19.2 Å².